The van der Waals surface area contributed by atoms with Crippen molar-refractivity contribution in [1.29, 1.82) is 0 Å². The first-order chi connectivity index (χ1) is 9.47. The summed E-state index contributed by atoms with van der Waals surface area (Å²) in [7, 11) is 0. The van der Waals surface area contributed by atoms with Gasteiger partial charge in [0.2, 0.25) is 0 Å². The summed E-state index contributed by atoms with van der Waals surface area (Å²) < 4.78 is 4.83. The van der Waals surface area contributed by atoms with Crippen LogP contribution in [0.1, 0.15) is 18.6 Å². The van der Waals surface area contributed by atoms with Crippen LogP contribution in [0.3, 0.4) is 0 Å². The molecule has 2 atom stereocenters. The van der Waals surface area contributed by atoms with E-state index in [0.717, 1.165) is 0 Å². The maximum absolute atomic E-state index is 11.8. The maximum atomic E-state index is 11.8. The quantitative estimate of drug-likeness (QED) is 0.616. The Morgan fingerprint density at radius 2 is 1.90 bits per heavy atom. The number of rotatable bonds is 6. The molecule has 7 heteroatoms. The van der Waals surface area contributed by atoms with Crippen molar-refractivity contribution in [2.24, 2.45) is 0 Å². The highest BCUT2D eigenvalue weighted by Crippen LogP contribution is 2.18. The first kappa shape index (κ1) is 16.8. The zero-order valence-electron chi connectivity index (χ0n) is 10.8. The van der Waals surface area contributed by atoms with Crippen LogP contribution in [0.25, 0.3) is 0 Å². The standard InChI is InChI=1S/C13H15Cl2NO4/c1-2-20-13(19)9(16-12(18)11(14)15)10(17)8-6-4-3-5-7-8/h3-7,9-11,17H,2H2,1H3,(H,16,18)/t9-,10-/m1/s1. The zero-order valence-corrected chi connectivity index (χ0v) is 12.3. The summed E-state index contributed by atoms with van der Waals surface area (Å²) >= 11 is 10.8. The number of amides is 1. The van der Waals surface area contributed by atoms with Gasteiger partial charge >= 0.3 is 5.97 Å². The molecule has 1 aromatic carbocycles. The third kappa shape index (κ3) is 4.67. The second-order valence-electron chi connectivity index (χ2n) is 3.89. The Labute approximate surface area is 126 Å². The van der Waals surface area contributed by atoms with E-state index in [4.69, 9.17) is 27.9 Å². The van der Waals surface area contributed by atoms with Crippen molar-refractivity contribution < 1.29 is 19.4 Å². The minimum atomic E-state index is -1.34. The van der Waals surface area contributed by atoms with Gasteiger partial charge in [0.05, 0.1) is 6.61 Å². The lowest BCUT2D eigenvalue weighted by Crippen LogP contribution is -2.47. The first-order valence-electron chi connectivity index (χ1n) is 5.95. The number of carbonyl (C=O) groups is 2. The van der Waals surface area contributed by atoms with Crippen LogP contribution in [-0.2, 0) is 14.3 Å². The molecule has 5 nitrogen and oxygen atoms in total. The van der Waals surface area contributed by atoms with Crippen molar-refractivity contribution in [2.45, 2.75) is 23.9 Å². The summed E-state index contributed by atoms with van der Waals surface area (Å²) in [5, 5.41) is 12.5. The Kier molecular flexibility index (Phi) is 6.78. The molecule has 0 aromatic heterocycles. The summed E-state index contributed by atoms with van der Waals surface area (Å²) in [5.41, 5.74) is 0.464. The summed E-state index contributed by atoms with van der Waals surface area (Å²) in [6.07, 6.45) is -1.26. The molecule has 0 spiro atoms. The lowest BCUT2D eigenvalue weighted by atomic mass is 10.0. The van der Waals surface area contributed by atoms with E-state index in [1.54, 1.807) is 37.3 Å². The lowest BCUT2D eigenvalue weighted by molar-refractivity contribution is -0.150. The number of ether oxygens (including phenoxy) is 1. The fourth-order valence-corrected chi connectivity index (χ4v) is 1.68. The van der Waals surface area contributed by atoms with E-state index in [1.807, 2.05) is 0 Å². The van der Waals surface area contributed by atoms with Gasteiger partial charge in [-0.15, -0.1) is 0 Å². The van der Waals surface area contributed by atoms with Gasteiger partial charge in [-0.05, 0) is 12.5 Å². The minimum Gasteiger partial charge on any atom is -0.464 e. The fraction of sp³-hybridized carbons (Fsp3) is 0.385. The SMILES string of the molecule is CCOC(=O)[C@H](NC(=O)C(Cl)Cl)[C@H](O)c1ccccc1. The van der Waals surface area contributed by atoms with Crippen molar-refractivity contribution in [3.8, 4) is 0 Å². The second-order valence-corrected chi connectivity index (χ2v) is 4.99. The van der Waals surface area contributed by atoms with Crippen LogP contribution in [0.2, 0.25) is 0 Å². The normalized spacial score (nSPS) is 13.7. The number of nitrogens with one attached hydrogen (secondary N) is 1. The summed E-state index contributed by atoms with van der Waals surface area (Å²) in [6, 6.07) is 7.15. The van der Waals surface area contributed by atoms with E-state index >= 15 is 0 Å². The molecule has 0 aliphatic heterocycles. The molecule has 0 heterocycles. The van der Waals surface area contributed by atoms with Crippen molar-refractivity contribution >= 4 is 35.1 Å². The predicted octanol–water partition coefficient (Wildman–Crippen LogP) is 1.57. The Balaban J connectivity index is 2.92. The molecule has 1 aromatic rings. The van der Waals surface area contributed by atoms with Crippen molar-refractivity contribution in [1.82, 2.24) is 5.32 Å². The Morgan fingerprint density at radius 1 is 1.30 bits per heavy atom. The molecular weight excluding hydrogens is 305 g/mol. The highest BCUT2D eigenvalue weighted by atomic mass is 35.5. The fourth-order valence-electron chi connectivity index (χ4n) is 1.56. The molecule has 0 saturated carbocycles. The highest BCUT2D eigenvalue weighted by molar-refractivity contribution is 6.53. The number of esters is 1. The van der Waals surface area contributed by atoms with E-state index in [0.29, 0.717) is 5.56 Å². The molecule has 1 amide bonds. The lowest BCUT2D eigenvalue weighted by Gasteiger charge is -2.23. The third-order valence-corrected chi connectivity index (χ3v) is 2.89. The van der Waals surface area contributed by atoms with E-state index in [-0.39, 0.29) is 6.61 Å². The molecular formula is C13H15Cl2NO4. The van der Waals surface area contributed by atoms with Crippen molar-refractivity contribution in [3.05, 3.63) is 35.9 Å². The molecule has 110 valence electrons. The average molecular weight is 320 g/mol. The van der Waals surface area contributed by atoms with E-state index in [2.05, 4.69) is 5.32 Å². The van der Waals surface area contributed by atoms with Crippen LogP contribution in [-0.4, -0.2) is 34.5 Å². The van der Waals surface area contributed by atoms with Crippen molar-refractivity contribution in [2.75, 3.05) is 6.61 Å². The Morgan fingerprint density at radius 3 is 2.40 bits per heavy atom. The van der Waals surface area contributed by atoms with Crippen LogP contribution in [0, 0.1) is 0 Å². The monoisotopic (exact) mass is 319 g/mol. The Bertz CT molecular complexity index is 453. The Hall–Kier alpha value is -1.30. The molecule has 0 fully saturated rings. The van der Waals surface area contributed by atoms with Gasteiger partial charge in [-0.3, -0.25) is 4.79 Å². The second kappa shape index (κ2) is 8.09. The van der Waals surface area contributed by atoms with Crippen LogP contribution < -0.4 is 5.32 Å². The average Bonchev–Trinajstić information content (AvgIpc) is 2.44. The largest absolute Gasteiger partial charge is 0.464 e. The number of aliphatic hydroxyl groups excluding tert-OH is 1. The molecule has 1 rings (SSSR count). The molecule has 0 saturated heterocycles. The van der Waals surface area contributed by atoms with Crippen LogP contribution in [0.5, 0.6) is 0 Å². The van der Waals surface area contributed by atoms with Gasteiger partial charge in [-0.1, -0.05) is 53.5 Å². The molecule has 0 bridgehead atoms. The summed E-state index contributed by atoms with van der Waals surface area (Å²) in [6.45, 7) is 1.75. The van der Waals surface area contributed by atoms with Crippen LogP contribution in [0.4, 0.5) is 0 Å². The molecule has 0 radical (unpaired) electrons. The van der Waals surface area contributed by atoms with Gasteiger partial charge in [-0.25, -0.2) is 4.79 Å². The highest BCUT2D eigenvalue weighted by Gasteiger charge is 2.32. The number of benzene rings is 1. The summed E-state index contributed by atoms with van der Waals surface area (Å²) in [4.78, 5) is 22.0. The van der Waals surface area contributed by atoms with Gasteiger partial charge in [0.15, 0.2) is 10.9 Å². The predicted molar refractivity (Wildman–Crippen MR) is 75.5 cm³/mol. The maximum Gasteiger partial charge on any atom is 0.331 e. The van der Waals surface area contributed by atoms with E-state index in [1.165, 1.54) is 0 Å². The van der Waals surface area contributed by atoms with Gasteiger partial charge in [0, 0.05) is 0 Å². The number of alkyl halides is 2. The number of hydrogen-bond donors (Lipinski definition) is 2. The number of carbonyl (C=O) groups excluding carboxylic acids is 2. The van der Waals surface area contributed by atoms with E-state index < -0.39 is 28.9 Å². The van der Waals surface area contributed by atoms with Gasteiger partial charge in [0.1, 0.15) is 6.10 Å². The first-order valence-corrected chi connectivity index (χ1v) is 6.82. The van der Waals surface area contributed by atoms with Crippen LogP contribution >= 0.6 is 23.2 Å². The van der Waals surface area contributed by atoms with Crippen LogP contribution in [0.15, 0.2) is 30.3 Å². The zero-order chi connectivity index (χ0) is 15.1. The van der Waals surface area contributed by atoms with Gasteiger partial charge in [-0.2, -0.15) is 0 Å². The summed E-state index contributed by atoms with van der Waals surface area (Å²) in [5.74, 6) is -1.53. The van der Waals surface area contributed by atoms with Crippen molar-refractivity contribution in [3.63, 3.8) is 0 Å². The molecule has 0 unspecified atom stereocenters. The van der Waals surface area contributed by atoms with Gasteiger partial charge in [0.25, 0.3) is 5.91 Å². The number of hydrogen-bond acceptors (Lipinski definition) is 4. The molecule has 2 N–H and O–H groups in total. The number of aliphatic hydroxyl groups is 1. The third-order valence-electron chi connectivity index (χ3n) is 2.49. The molecule has 0 aliphatic rings. The van der Waals surface area contributed by atoms with E-state index in [9.17, 15) is 14.7 Å². The topological polar surface area (TPSA) is 75.6 Å². The molecule has 20 heavy (non-hydrogen) atoms. The van der Waals surface area contributed by atoms with Gasteiger partial charge < -0.3 is 15.2 Å². The molecule has 0 aliphatic carbocycles. The number of halogens is 2. The minimum absolute atomic E-state index is 0.123. The smallest absolute Gasteiger partial charge is 0.331 e.